The number of halogens is 1. The zero-order valence-corrected chi connectivity index (χ0v) is 12.1. The van der Waals surface area contributed by atoms with Gasteiger partial charge in [0.2, 0.25) is 0 Å². The minimum Gasteiger partial charge on any atom is -0.481 e. The maximum Gasteiger partial charge on any atom is 0.319 e. The fourth-order valence-corrected chi connectivity index (χ4v) is 1.86. The van der Waals surface area contributed by atoms with Gasteiger partial charge < -0.3 is 15.7 Å². The Morgan fingerprint density at radius 1 is 1.29 bits per heavy atom. The number of nitriles is 1. The van der Waals surface area contributed by atoms with Crippen LogP contribution in [-0.4, -0.2) is 23.7 Å². The van der Waals surface area contributed by atoms with Gasteiger partial charge in [0.1, 0.15) is 0 Å². The lowest BCUT2D eigenvalue weighted by molar-refractivity contribution is -0.137. The van der Waals surface area contributed by atoms with Gasteiger partial charge in [0.25, 0.3) is 0 Å². The van der Waals surface area contributed by atoms with E-state index in [1.165, 1.54) is 6.07 Å². The number of carbonyl (C=O) groups is 2. The van der Waals surface area contributed by atoms with Crippen LogP contribution in [0.2, 0.25) is 5.02 Å². The summed E-state index contributed by atoms with van der Waals surface area (Å²) in [4.78, 5) is 21.9. The molecule has 2 amide bonds. The van der Waals surface area contributed by atoms with Crippen molar-refractivity contribution < 1.29 is 14.7 Å². The minimum absolute atomic E-state index is 0.146. The number of carboxylic acids is 1. The first kappa shape index (κ1) is 16.8. The van der Waals surface area contributed by atoms with Crippen LogP contribution in [0.25, 0.3) is 0 Å². The Hall–Kier alpha value is -2.26. The first-order valence-electron chi connectivity index (χ1n) is 6.49. The van der Waals surface area contributed by atoms with E-state index in [2.05, 4.69) is 10.6 Å². The number of aliphatic carboxylic acids is 1. The molecule has 1 rings (SSSR count). The number of urea groups is 1. The Morgan fingerprint density at radius 3 is 2.67 bits per heavy atom. The average Bonchev–Trinajstić information content (AvgIpc) is 2.44. The van der Waals surface area contributed by atoms with Crippen LogP contribution in [0.4, 0.5) is 10.5 Å². The van der Waals surface area contributed by atoms with E-state index in [1.54, 1.807) is 12.1 Å². The zero-order valence-electron chi connectivity index (χ0n) is 11.4. The van der Waals surface area contributed by atoms with Crippen LogP contribution in [0, 0.1) is 11.3 Å². The van der Waals surface area contributed by atoms with Crippen LogP contribution in [0.1, 0.15) is 31.2 Å². The van der Waals surface area contributed by atoms with Crippen molar-refractivity contribution in [2.75, 3.05) is 11.9 Å². The molecule has 0 bridgehead atoms. The number of nitrogens with one attached hydrogen (secondary N) is 2. The molecule has 112 valence electrons. The summed E-state index contributed by atoms with van der Waals surface area (Å²) in [6.45, 7) is 0.458. The van der Waals surface area contributed by atoms with E-state index in [1.807, 2.05) is 6.07 Å². The molecule has 7 heteroatoms. The summed E-state index contributed by atoms with van der Waals surface area (Å²) < 4.78 is 0. The second kappa shape index (κ2) is 8.82. The lowest BCUT2D eigenvalue weighted by atomic mass is 10.2. The van der Waals surface area contributed by atoms with Gasteiger partial charge in [-0.3, -0.25) is 4.79 Å². The van der Waals surface area contributed by atoms with Crippen LogP contribution < -0.4 is 10.6 Å². The predicted octanol–water partition coefficient (Wildman–Crippen LogP) is 2.98. The van der Waals surface area contributed by atoms with Crippen molar-refractivity contribution in [1.82, 2.24) is 5.32 Å². The Labute approximate surface area is 127 Å². The molecule has 0 heterocycles. The molecular weight excluding hydrogens is 294 g/mol. The van der Waals surface area contributed by atoms with E-state index in [9.17, 15) is 9.59 Å². The molecule has 0 aliphatic heterocycles. The molecular formula is C14H16ClN3O3. The molecule has 0 spiro atoms. The van der Waals surface area contributed by atoms with Gasteiger partial charge in [-0.15, -0.1) is 0 Å². The van der Waals surface area contributed by atoms with Crippen LogP contribution in [0.5, 0.6) is 0 Å². The number of rotatable bonds is 7. The molecule has 1 aromatic carbocycles. The Bertz CT molecular complexity index is 555. The van der Waals surface area contributed by atoms with E-state index >= 15 is 0 Å². The van der Waals surface area contributed by atoms with E-state index in [0.29, 0.717) is 35.7 Å². The van der Waals surface area contributed by atoms with Gasteiger partial charge in [-0.1, -0.05) is 18.0 Å². The summed E-state index contributed by atoms with van der Waals surface area (Å²) in [6, 6.07) is 6.17. The summed E-state index contributed by atoms with van der Waals surface area (Å²) in [5.74, 6) is -0.809. The number of hydrogen-bond donors (Lipinski definition) is 3. The van der Waals surface area contributed by atoms with Crippen LogP contribution >= 0.6 is 11.6 Å². The molecule has 0 saturated heterocycles. The topological polar surface area (TPSA) is 102 Å². The Morgan fingerprint density at radius 2 is 2.05 bits per heavy atom. The highest BCUT2D eigenvalue weighted by atomic mass is 35.5. The fourth-order valence-electron chi connectivity index (χ4n) is 1.63. The number of amides is 2. The maximum absolute atomic E-state index is 11.6. The van der Waals surface area contributed by atoms with Crippen molar-refractivity contribution in [3.05, 3.63) is 28.8 Å². The van der Waals surface area contributed by atoms with Crippen LogP contribution in [0.3, 0.4) is 0 Å². The molecule has 0 radical (unpaired) electrons. The summed E-state index contributed by atoms with van der Waals surface area (Å²) in [5, 5.41) is 22.7. The van der Waals surface area contributed by atoms with E-state index in [4.69, 9.17) is 22.0 Å². The van der Waals surface area contributed by atoms with E-state index in [-0.39, 0.29) is 12.5 Å². The highest BCUT2D eigenvalue weighted by Gasteiger charge is 2.06. The first-order chi connectivity index (χ1) is 10.0. The SMILES string of the molecule is N#Cc1ccc(NC(=O)NCCCCCC(=O)O)c(Cl)c1. The lowest BCUT2D eigenvalue weighted by Gasteiger charge is -2.09. The van der Waals surface area contributed by atoms with Crippen molar-refractivity contribution in [2.45, 2.75) is 25.7 Å². The van der Waals surface area contributed by atoms with Crippen molar-refractivity contribution in [3.8, 4) is 6.07 Å². The molecule has 0 saturated carbocycles. The van der Waals surface area contributed by atoms with E-state index < -0.39 is 5.97 Å². The second-order valence-corrected chi connectivity index (χ2v) is 4.80. The van der Waals surface area contributed by atoms with Crippen LogP contribution in [-0.2, 0) is 4.79 Å². The highest BCUT2D eigenvalue weighted by Crippen LogP contribution is 2.22. The number of anilines is 1. The smallest absolute Gasteiger partial charge is 0.319 e. The monoisotopic (exact) mass is 309 g/mol. The number of hydrogen-bond acceptors (Lipinski definition) is 3. The van der Waals surface area contributed by atoms with Crippen molar-refractivity contribution in [3.63, 3.8) is 0 Å². The molecule has 3 N–H and O–H groups in total. The van der Waals surface area contributed by atoms with Gasteiger partial charge in [-0.25, -0.2) is 4.79 Å². The third-order valence-corrected chi connectivity index (χ3v) is 3.01. The Balaban J connectivity index is 2.28. The zero-order chi connectivity index (χ0) is 15.7. The Kier molecular flexibility index (Phi) is 7.05. The molecule has 21 heavy (non-hydrogen) atoms. The lowest BCUT2D eigenvalue weighted by Crippen LogP contribution is -2.29. The standard InChI is InChI=1S/C14H16ClN3O3/c15-11-8-10(9-16)5-6-12(11)18-14(21)17-7-3-1-2-4-13(19)20/h5-6,8H,1-4,7H2,(H,19,20)(H2,17,18,21). The average molecular weight is 310 g/mol. The largest absolute Gasteiger partial charge is 0.481 e. The number of nitrogens with zero attached hydrogens (tertiary/aromatic N) is 1. The van der Waals surface area contributed by atoms with Gasteiger partial charge in [-0.2, -0.15) is 5.26 Å². The predicted molar refractivity (Wildman–Crippen MR) is 79.3 cm³/mol. The van der Waals surface area contributed by atoms with Gasteiger partial charge >= 0.3 is 12.0 Å². The summed E-state index contributed by atoms with van der Waals surface area (Å²) in [6.07, 6.45) is 2.19. The number of benzene rings is 1. The normalized spacial score (nSPS) is 9.71. The highest BCUT2D eigenvalue weighted by molar-refractivity contribution is 6.33. The number of carbonyl (C=O) groups excluding carboxylic acids is 1. The summed E-state index contributed by atoms with van der Waals surface area (Å²) in [7, 11) is 0. The van der Waals surface area contributed by atoms with Crippen LogP contribution in [0.15, 0.2) is 18.2 Å². The molecule has 0 aliphatic carbocycles. The molecule has 0 atom stereocenters. The molecule has 1 aromatic rings. The first-order valence-corrected chi connectivity index (χ1v) is 6.87. The second-order valence-electron chi connectivity index (χ2n) is 4.39. The minimum atomic E-state index is -0.809. The molecule has 6 nitrogen and oxygen atoms in total. The maximum atomic E-state index is 11.6. The van der Waals surface area contributed by atoms with Gasteiger partial charge in [-0.05, 0) is 31.0 Å². The van der Waals surface area contributed by atoms with Gasteiger partial charge in [0, 0.05) is 13.0 Å². The third kappa shape index (κ3) is 6.63. The summed E-state index contributed by atoms with van der Waals surface area (Å²) >= 11 is 5.94. The molecule has 0 aromatic heterocycles. The quantitative estimate of drug-likeness (QED) is 0.674. The fraction of sp³-hybridized carbons (Fsp3) is 0.357. The number of unbranched alkanes of at least 4 members (excludes halogenated alkanes) is 2. The molecule has 0 unspecified atom stereocenters. The number of carboxylic acid groups (broad SMARTS) is 1. The molecule has 0 fully saturated rings. The van der Waals surface area contributed by atoms with E-state index in [0.717, 1.165) is 6.42 Å². The van der Waals surface area contributed by atoms with Crippen molar-refractivity contribution in [2.24, 2.45) is 0 Å². The van der Waals surface area contributed by atoms with Crippen molar-refractivity contribution >= 4 is 29.3 Å². The third-order valence-electron chi connectivity index (χ3n) is 2.70. The molecule has 0 aliphatic rings. The van der Waals surface area contributed by atoms with Crippen molar-refractivity contribution in [1.29, 1.82) is 5.26 Å². The summed E-state index contributed by atoms with van der Waals surface area (Å²) in [5.41, 5.74) is 0.850. The van der Waals surface area contributed by atoms with Gasteiger partial charge in [0.05, 0.1) is 22.3 Å². The van der Waals surface area contributed by atoms with Gasteiger partial charge in [0.15, 0.2) is 0 Å².